The molecule has 4 nitrogen and oxygen atoms in total. The quantitative estimate of drug-likeness (QED) is 0.717. The van der Waals surface area contributed by atoms with Crippen molar-refractivity contribution in [3.05, 3.63) is 24.1 Å². The number of hydrogen-bond donors (Lipinski definition) is 0. The van der Waals surface area contributed by atoms with Crippen molar-refractivity contribution in [2.45, 2.75) is 32.2 Å². The van der Waals surface area contributed by atoms with Crippen molar-refractivity contribution in [3.63, 3.8) is 0 Å². The SMILES string of the molecule is CCCCC1C=CC=C2OS(=O)(=O)N21. The molecule has 1 atom stereocenters. The Kier molecular flexibility index (Phi) is 2.26. The molecule has 1 fully saturated rings. The molecule has 2 aliphatic rings. The summed E-state index contributed by atoms with van der Waals surface area (Å²) in [6, 6.07) is -0.0475. The van der Waals surface area contributed by atoms with Crippen molar-refractivity contribution in [3.8, 4) is 0 Å². The molecule has 5 heteroatoms. The molecule has 0 saturated carbocycles. The van der Waals surface area contributed by atoms with Crippen LogP contribution in [-0.4, -0.2) is 18.8 Å². The second kappa shape index (κ2) is 3.31. The Morgan fingerprint density at radius 2 is 2.36 bits per heavy atom. The Hall–Kier alpha value is -0.970. The molecule has 0 amide bonds. The van der Waals surface area contributed by atoms with E-state index in [1.807, 2.05) is 12.2 Å². The summed E-state index contributed by atoms with van der Waals surface area (Å²) in [7, 11) is -3.45. The molecule has 0 bridgehead atoms. The summed E-state index contributed by atoms with van der Waals surface area (Å²) >= 11 is 0. The lowest BCUT2D eigenvalue weighted by molar-refractivity contribution is 0.168. The molecule has 0 aromatic heterocycles. The van der Waals surface area contributed by atoms with Crippen LogP contribution in [0.4, 0.5) is 0 Å². The Labute approximate surface area is 84.1 Å². The van der Waals surface area contributed by atoms with Gasteiger partial charge in [-0.15, -0.1) is 0 Å². The highest BCUT2D eigenvalue weighted by Gasteiger charge is 2.44. The average molecular weight is 215 g/mol. The zero-order chi connectivity index (χ0) is 10.2. The van der Waals surface area contributed by atoms with Gasteiger partial charge in [0, 0.05) is 6.08 Å². The van der Waals surface area contributed by atoms with Gasteiger partial charge in [-0.25, -0.2) is 0 Å². The van der Waals surface area contributed by atoms with Gasteiger partial charge in [-0.2, -0.15) is 12.7 Å². The van der Waals surface area contributed by atoms with Gasteiger partial charge in [-0.1, -0.05) is 31.9 Å². The van der Waals surface area contributed by atoms with E-state index in [-0.39, 0.29) is 6.04 Å². The molecular weight excluding hydrogens is 202 g/mol. The van der Waals surface area contributed by atoms with E-state index in [4.69, 9.17) is 0 Å². The summed E-state index contributed by atoms with van der Waals surface area (Å²) < 4.78 is 28.5. The normalized spacial score (nSPS) is 27.4. The third-order valence-electron chi connectivity index (χ3n) is 2.38. The zero-order valence-corrected chi connectivity index (χ0v) is 8.83. The predicted octanol–water partition coefficient (Wildman–Crippen LogP) is 1.53. The summed E-state index contributed by atoms with van der Waals surface area (Å²) in [6.45, 7) is 2.09. The van der Waals surface area contributed by atoms with Gasteiger partial charge in [0.2, 0.25) is 5.88 Å². The van der Waals surface area contributed by atoms with Gasteiger partial charge in [0.25, 0.3) is 0 Å². The molecule has 2 rings (SSSR count). The van der Waals surface area contributed by atoms with Gasteiger partial charge in [-0.05, 0) is 6.42 Å². The van der Waals surface area contributed by atoms with E-state index < -0.39 is 10.3 Å². The third-order valence-corrected chi connectivity index (χ3v) is 3.69. The molecule has 1 unspecified atom stereocenters. The van der Waals surface area contributed by atoms with Crippen LogP contribution in [0.2, 0.25) is 0 Å². The van der Waals surface area contributed by atoms with Crippen LogP contribution in [0, 0.1) is 0 Å². The number of hydrogen-bond acceptors (Lipinski definition) is 3. The molecule has 0 N–H and O–H groups in total. The highest BCUT2D eigenvalue weighted by Crippen LogP contribution is 2.34. The van der Waals surface area contributed by atoms with Crippen molar-refractivity contribution in [2.24, 2.45) is 0 Å². The first kappa shape index (κ1) is 9.58. The van der Waals surface area contributed by atoms with Gasteiger partial charge < -0.3 is 4.18 Å². The second-order valence-electron chi connectivity index (χ2n) is 3.44. The van der Waals surface area contributed by atoms with E-state index in [2.05, 4.69) is 11.1 Å². The van der Waals surface area contributed by atoms with Crippen LogP contribution in [0.5, 0.6) is 0 Å². The molecule has 1 saturated heterocycles. The second-order valence-corrected chi connectivity index (χ2v) is 4.85. The van der Waals surface area contributed by atoms with Crippen molar-refractivity contribution < 1.29 is 12.6 Å². The number of nitrogens with zero attached hydrogens (tertiary/aromatic N) is 1. The molecule has 0 radical (unpaired) electrons. The summed E-state index contributed by atoms with van der Waals surface area (Å²) in [6.07, 6.45) is 8.36. The molecule has 0 aromatic rings. The number of unbranched alkanes of at least 4 members (excludes halogenated alkanes) is 1. The summed E-state index contributed by atoms with van der Waals surface area (Å²) in [5, 5.41) is 0. The largest absolute Gasteiger partial charge is 0.414 e. The first-order valence-corrected chi connectivity index (χ1v) is 6.14. The van der Waals surface area contributed by atoms with E-state index in [0.29, 0.717) is 5.88 Å². The molecule has 78 valence electrons. The Balaban J connectivity index is 2.12. The number of rotatable bonds is 3. The van der Waals surface area contributed by atoms with Crippen molar-refractivity contribution in [2.75, 3.05) is 0 Å². The van der Waals surface area contributed by atoms with Crippen LogP contribution >= 0.6 is 0 Å². The Morgan fingerprint density at radius 1 is 1.57 bits per heavy atom. The van der Waals surface area contributed by atoms with Crippen LogP contribution in [0.1, 0.15) is 26.2 Å². The predicted molar refractivity (Wildman–Crippen MR) is 52.4 cm³/mol. The number of fused-ring (bicyclic) bond motifs is 1. The maximum absolute atomic E-state index is 11.3. The van der Waals surface area contributed by atoms with Crippen molar-refractivity contribution >= 4 is 10.3 Å². The Morgan fingerprint density at radius 3 is 3.00 bits per heavy atom. The van der Waals surface area contributed by atoms with E-state index in [9.17, 15) is 8.42 Å². The molecule has 0 aromatic carbocycles. The van der Waals surface area contributed by atoms with Crippen LogP contribution in [-0.2, 0) is 14.5 Å². The fourth-order valence-corrected chi connectivity index (χ4v) is 2.82. The average Bonchev–Trinajstić information content (AvgIpc) is 2.12. The van der Waals surface area contributed by atoms with Gasteiger partial charge in [0.15, 0.2) is 0 Å². The van der Waals surface area contributed by atoms with E-state index in [1.54, 1.807) is 6.08 Å². The smallest absolute Gasteiger partial charge is 0.347 e. The Bertz CT molecular complexity index is 383. The molecule has 14 heavy (non-hydrogen) atoms. The fourth-order valence-electron chi connectivity index (χ4n) is 1.67. The maximum Gasteiger partial charge on any atom is 0.414 e. The standard InChI is InChI=1S/C9H13NO3S/c1-2-3-5-8-6-4-7-9-10(8)14(11,12)13-9/h4,6-8H,2-3,5H2,1H3. The first-order chi connectivity index (χ1) is 6.65. The summed E-state index contributed by atoms with van der Waals surface area (Å²) in [4.78, 5) is 0. The minimum Gasteiger partial charge on any atom is -0.347 e. The summed E-state index contributed by atoms with van der Waals surface area (Å²) in [5.41, 5.74) is 0. The maximum atomic E-state index is 11.3. The minimum atomic E-state index is -3.45. The first-order valence-electron chi connectivity index (χ1n) is 4.77. The monoisotopic (exact) mass is 215 g/mol. The van der Waals surface area contributed by atoms with E-state index >= 15 is 0 Å². The van der Waals surface area contributed by atoms with Crippen molar-refractivity contribution in [1.29, 1.82) is 0 Å². The van der Waals surface area contributed by atoms with Crippen molar-refractivity contribution in [1.82, 2.24) is 4.31 Å². The molecule has 2 aliphatic heterocycles. The highest BCUT2D eigenvalue weighted by molar-refractivity contribution is 7.85. The molecule has 0 spiro atoms. The van der Waals surface area contributed by atoms with E-state index in [0.717, 1.165) is 19.3 Å². The van der Waals surface area contributed by atoms with Crippen LogP contribution < -0.4 is 0 Å². The lowest BCUT2D eigenvalue weighted by atomic mass is 10.1. The van der Waals surface area contributed by atoms with Gasteiger partial charge in [0.05, 0.1) is 6.04 Å². The third kappa shape index (κ3) is 1.41. The minimum absolute atomic E-state index is 0.0475. The number of allylic oxidation sites excluding steroid dienone is 2. The topological polar surface area (TPSA) is 46.6 Å². The molecule has 0 aliphatic carbocycles. The fraction of sp³-hybridized carbons (Fsp3) is 0.556. The highest BCUT2D eigenvalue weighted by atomic mass is 32.2. The van der Waals surface area contributed by atoms with Crippen LogP contribution in [0.15, 0.2) is 24.1 Å². The van der Waals surface area contributed by atoms with Crippen LogP contribution in [0.25, 0.3) is 0 Å². The van der Waals surface area contributed by atoms with Gasteiger partial charge in [0.1, 0.15) is 0 Å². The molecular formula is C9H13NO3S. The van der Waals surface area contributed by atoms with Gasteiger partial charge in [-0.3, -0.25) is 0 Å². The zero-order valence-electron chi connectivity index (χ0n) is 8.01. The molecule has 2 heterocycles. The lowest BCUT2D eigenvalue weighted by Crippen LogP contribution is -2.49. The summed E-state index contributed by atoms with van der Waals surface area (Å²) in [5.74, 6) is 0.452. The van der Waals surface area contributed by atoms with E-state index in [1.165, 1.54) is 4.31 Å². The van der Waals surface area contributed by atoms with Crippen LogP contribution in [0.3, 0.4) is 0 Å². The lowest BCUT2D eigenvalue weighted by Gasteiger charge is -2.39. The van der Waals surface area contributed by atoms with Gasteiger partial charge >= 0.3 is 10.3 Å².